The molecule has 2 aliphatic heterocycles. The van der Waals surface area contributed by atoms with Crippen molar-refractivity contribution in [2.24, 2.45) is 5.92 Å². The van der Waals surface area contributed by atoms with Gasteiger partial charge in [-0.15, -0.1) is 0 Å². The topological polar surface area (TPSA) is 123 Å². The first-order valence-corrected chi connectivity index (χ1v) is 12.6. The van der Waals surface area contributed by atoms with Crippen LogP contribution in [0.5, 0.6) is 11.5 Å². The summed E-state index contributed by atoms with van der Waals surface area (Å²) in [7, 11) is -3.70. The summed E-state index contributed by atoms with van der Waals surface area (Å²) in [5.41, 5.74) is 1.14. The van der Waals surface area contributed by atoms with E-state index in [1.165, 1.54) is 16.4 Å². The van der Waals surface area contributed by atoms with Crippen molar-refractivity contribution in [3.8, 4) is 11.5 Å². The Labute approximate surface area is 198 Å². The van der Waals surface area contributed by atoms with Crippen LogP contribution in [0.2, 0.25) is 0 Å². The number of amides is 2. The van der Waals surface area contributed by atoms with E-state index < -0.39 is 16.1 Å². The normalized spacial score (nSPS) is 16.5. The molecule has 0 aliphatic carbocycles. The third kappa shape index (κ3) is 5.42. The summed E-state index contributed by atoms with van der Waals surface area (Å²) in [6.45, 7) is 3.30. The number of anilines is 2. The van der Waals surface area contributed by atoms with Crippen molar-refractivity contribution in [1.29, 1.82) is 0 Å². The number of fused-ring (bicyclic) bond motifs is 1. The highest BCUT2D eigenvalue weighted by molar-refractivity contribution is 7.89. The van der Waals surface area contributed by atoms with Gasteiger partial charge in [0.05, 0.1) is 11.5 Å². The van der Waals surface area contributed by atoms with Crippen LogP contribution in [0.3, 0.4) is 0 Å². The molecule has 0 atom stereocenters. The van der Waals surface area contributed by atoms with Crippen LogP contribution in [0.25, 0.3) is 0 Å². The van der Waals surface area contributed by atoms with Gasteiger partial charge in [-0.25, -0.2) is 13.2 Å². The molecule has 0 bridgehead atoms. The van der Waals surface area contributed by atoms with Crippen molar-refractivity contribution in [2.75, 3.05) is 43.5 Å². The second kappa shape index (κ2) is 10.3. The Bertz CT molecular complexity index is 1140. The van der Waals surface area contributed by atoms with E-state index >= 15 is 0 Å². The lowest BCUT2D eigenvalue weighted by Crippen LogP contribution is -2.41. The average Bonchev–Trinajstić information content (AvgIpc) is 2.85. The summed E-state index contributed by atoms with van der Waals surface area (Å²) in [6.07, 6.45) is 0.285. The molecule has 2 aliphatic rings. The molecule has 4 rings (SSSR count). The first-order chi connectivity index (χ1) is 16.4. The maximum Gasteiger partial charge on any atom is 0.411 e. The highest BCUT2D eigenvalue weighted by Gasteiger charge is 2.33. The Hall–Kier alpha value is -3.31. The van der Waals surface area contributed by atoms with Gasteiger partial charge in [0.25, 0.3) is 0 Å². The number of rotatable bonds is 6. The number of benzene rings is 2. The number of hydrogen-bond donors (Lipinski definition) is 2. The second-order valence-electron chi connectivity index (χ2n) is 7.90. The standard InChI is InChI=1S/C23H27N3O7S/c1-2-31-23(28)25-18-5-3-17(4-6-18)24-22(27)16-9-11-26(12-10-16)34(29,30)19-7-8-20-21(15-19)33-14-13-32-20/h3-8,15-16H,2,9-14H2,1H3,(H,24,27)(H,25,28). The molecular formula is C23H27N3O7S. The number of sulfonamides is 1. The molecule has 2 N–H and O–H groups in total. The van der Waals surface area contributed by atoms with Crippen molar-refractivity contribution in [1.82, 2.24) is 4.31 Å². The molecule has 0 aromatic heterocycles. The minimum Gasteiger partial charge on any atom is -0.486 e. The van der Waals surface area contributed by atoms with Gasteiger partial charge in [0.1, 0.15) is 13.2 Å². The van der Waals surface area contributed by atoms with Crippen LogP contribution in [0.15, 0.2) is 47.4 Å². The molecule has 1 fully saturated rings. The van der Waals surface area contributed by atoms with Crippen molar-refractivity contribution in [2.45, 2.75) is 24.7 Å². The Morgan fingerprint density at radius 3 is 2.24 bits per heavy atom. The largest absolute Gasteiger partial charge is 0.486 e. The molecule has 0 unspecified atom stereocenters. The smallest absolute Gasteiger partial charge is 0.411 e. The summed E-state index contributed by atoms with van der Waals surface area (Å²) in [6, 6.07) is 11.3. The first-order valence-electron chi connectivity index (χ1n) is 11.1. The van der Waals surface area contributed by atoms with Crippen LogP contribution in [-0.2, 0) is 19.6 Å². The zero-order valence-corrected chi connectivity index (χ0v) is 19.6. The van der Waals surface area contributed by atoms with Crippen LogP contribution in [0.4, 0.5) is 16.2 Å². The highest BCUT2D eigenvalue weighted by Crippen LogP contribution is 2.34. The van der Waals surface area contributed by atoms with E-state index in [9.17, 15) is 18.0 Å². The van der Waals surface area contributed by atoms with Crippen LogP contribution >= 0.6 is 0 Å². The molecule has 0 saturated carbocycles. The maximum absolute atomic E-state index is 13.1. The predicted molar refractivity (Wildman–Crippen MR) is 125 cm³/mol. The van der Waals surface area contributed by atoms with Gasteiger partial charge in [-0.05, 0) is 56.2 Å². The highest BCUT2D eigenvalue weighted by atomic mass is 32.2. The molecule has 2 aromatic rings. The molecule has 10 nitrogen and oxygen atoms in total. The lowest BCUT2D eigenvalue weighted by Gasteiger charge is -2.30. The Morgan fingerprint density at radius 2 is 1.59 bits per heavy atom. The van der Waals surface area contributed by atoms with Gasteiger partial charge in [-0.1, -0.05) is 0 Å². The van der Waals surface area contributed by atoms with E-state index in [2.05, 4.69) is 10.6 Å². The molecule has 182 valence electrons. The molecule has 34 heavy (non-hydrogen) atoms. The fourth-order valence-electron chi connectivity index (χ4n) is 3.86. The number of nitrogens with zero attached hydrogens (tertiary/aromatic N) is 1. The van der Waals surface area contributed by atoms with Crippen molar-refractivity contribution >= 4 is 33.4 Å². The Morgan fingerprint density at radius 1 is 0.971 bits per heavy atom. The minimum atomic E-state index is -3.70. The van der Waals surface area contributed by atoms with Gasteiger partial charge in [-0.2, -0.15) is 4.31 Å². The van der Waals surface area contributed by atoms with E-state index in [4.69, 9.17) is 14.2 Å². The predicted octanol–water partition coefficient (Wildman–Crippen LogP) is 3.07. The lowest BCUT2D eigenvalue weighted by molar-refractivity contribution is -0.120. The van der Waals surface area contributed by atoms with Gasteiger partial charge < -0.3 is 19.5 Å². The van der Waals surface area contributed by atoms with E-state index in [-0.39, 0.29) is 36.4 Å². The third-order valence-electron chi connectivity index (χ3n) is 5.65. The van der Waals surface area contributed by atoms with Crippen LogP contribution in [-0.4, -0.2) is 57.6 Å². The van der Waals surface area contributed by atoms with Gasteiger partial charge in [-0.3, -0.25) is 10.1 Å². The minimum absolute atomic E-state index is 0.149. The summed E-state index contributed by atoms with van der Waals surface area (Å²) in [5, 5.41) is 5.44. The molecule has 1 saturated heterocycles. The third-order valence-corrected chi connectivity index (χ3v) is 7.55. The number of hydrogen-bond acceptors (Lipinski definition) is 7. The van der Waals surface area contributed by atoms with Crippen LogP contribution in [0.1, 0.15) is 19.8 Å². The number of ether oxygens (including phenoxy) is 3. The number of carbonyl (C=O) groups is 2. The fourth-order valence-corrected chi connectivity index (χ4v) is 5.34. The quantitative estimate of drug-likeness (QED) is 0.639. The van der Waals surface area contributed by atoms with E-state index in [1.807, 2.05) is 0 Å². The monoisotopic (exact) mass is 489 g/mol. The van der Waals surface area contributed by atoms with Gasteiger partial charge >= 0.3 is 6.09 Å². The number of piperidine rings is 1. The first kappa shape index (κ1) is 23.8. The summed E-state index contributed by atoms with van der Waals surface area (Å²) < 4.78 is 43.3. The zero-order valence-electron chi connectivity index (χ0n) is 18.8. The molecule has 2 amide bonds. The molecule has 0 spiro atoms. The van der Waals surface area contributed by atoms with Crippen molar-refractivity contribution in [3.63, 3.8) is 0 Å². The summed E-state index contributed by atoms with van der Waals surface area (Å²) in [4.78, 5) is 24.3. The molecule has 11 heteroatoms. The molecule has 2 heterocycles. The second-order valence-corrected chi connectivity index (χ2v) is 9.83. The van der Waals surface area contributed by atoms with Gasteiger partial charge in [0.15, 0.2) is 11.5 Å². The molecule has 2 aromatic carbocycles. The van der Waals surface area contributed by atoms with Crippen molar-refractivity contribution < 1.29 is 32.2 Å². The van der Waals surface area contributed by atoms with Gasteiger partial charge in [0, 0.05) is 36.4 Å². The van der Waals surface area contributed by atoms with E-state index in [0.29, 0.717) is 48.9 Å². The van der Waals surface area contributed by atoms with Gasteiger partial charge in [0.2, 0.25) is 15.9 Å². The van der Waals surface area contributed by atoms with Crippen LogP contribution in [0, 0.1) is 5.92 Å². The van der Waals surface area contributed by atoms with Crippen molar-refractivity contribution in [3.05, 3.63) is 42.5 Å². The summed E-state index contributed by atoms with van der Waals surface area (Å²) in [5.74, 6) is 0.488. The van der Waals surface area contributed by atoms with Crippen LogP contribution < -0.4 is 20.1 Å². The molecule has 0 radical (unpaired) electrons. The lowest BCUT2D eigenvalue weighted by atomic mass is 9.97. The number of carbonyl (C=O) groups excluding carboxylic acids is 2. The van der Waals surface area contributed by atoms with E-state index in [1.54, 1.807) is 37.3 Å². The zero-order chi connectivity index (χ0) is 24.1. The SMILES string of the molecule is CCOC(=O)Nc1ccc(NC(=O)C2CCN(S(=O)(=O)c3ccc4c(c3)OCCO4)CC2)cc1. The number of nitrogens with one attached hydrogen (secondary N) is 2. The summed E-state index contributed by atoms with van der Waals surface area (Å²) >= 11 is 0. The Balaban J connectivity index is 1.31. The average molecular weight is 490 g/mol. The maximum atomic E-state index is 13.1. The molecular weight excluding hydrogens is 462 g/mol. The van der Waals surface area contributed by atoms with E-state index in [0.717, 1.165) is 0 Å². The Kier molecular flexibility index (Phi) is 7.23. The fraction of sp³-hybridized carbons (Fsp3) is 0.391.